The van der Waals surface area contributed by atoms with Gasteiger partial charge in [0.25, 0.3) is 0 Å². The molecule has 0 aliphatic carbocycles. The Labute approximate surface area is 108 Å². The number of rotatable bonds is 3. The molecule has 0 radical (unpaired) electrons. The van der Waals surface area contributed by atoms with Crippen LogP contribution in [0.25, 0.3) is 0 Å². The molecule has 0 saturated carbocycles. The van der Waals surface area contributed by atoms with Crippen molar-refractivity contribution in [2.24, 2.45) is 0 Å². The summed E-state index contributed by atoms with van der Waals surface area (Å²) >= 11 is 0. The molecule has 4 nitrogen and oxygen atoms in total. The fourth-order valence-corrected chi connectivity index (χ4v) is 3.09. The molecule has 0 aromatic heterocycles. The van der Waals surface area contributed by atoms with Gasteiger partial charge in [-0.25, -0.2) is 8.42 Å². The summed E-state index contributed by atoms with van der Waals surface area (Å²) in [5.74, 6) is 0.640. The van der Waals surface area contributed by atoms with Crippen LogP contribution in [-0.4, -0.2) is 20.3 Å². The maximum absolute atomic E-state index is 12.4. The van der Waals surface area contributed by atoms with E-state index in [1.54, 1.807) is 26.0 Å². The lowest BCUT2D eigenvalue weighted by molar-refractivity contribution is 0.411. The number of aryl methyl sites for hydroxylation is 2. The molecule has 0 N–H and O–H groups in total. The van der Waals surface area contributed by atoms with E-state index in [1.807, 2.05) is 6.07 Å². The van der Waals surface area contributed by atoms with E-state index in [9.17, 15) is 8.42 Å². The molecule has 18 heavy (non-hydrogen) atoms. The van der Waals surface area contributed by atoms with Crippen molar-refractivity contribution in [2.45, 2.75) is 37.3 Å². The summed E-state index contributed by atoms with van der Waals surface area (Å²) < 4.78 is 28.5. The molecule has 0 unspecified atom stereocenters. The van der Waals surface area contributed by atoms with Crippen LogP contribution in [0.1, 0.15) is 25.0 Å². The molecule has 5 heteroatoms. The average Bonchev–Trinajstić information content (AvgIpc) is 2.31. The summed E-state index contributed by atoms with van der Waals surface area (Å²) in [6, 6.07) is 5.07. The molecule has 0 saturated heterocycles. The molecule has 0 amide bonds. The van der Waals surface area contributed by atoms with E-state index in [-0.39, 0.29) is 4.90 Å². The third-order valence-corrected chi connectivity index (χ3v) is 5.38. The number of hydrogen-bond donors (Lipinski definition) is 0. The first-order chi connectivity index (χ1) is 8.17. The normalized spacial score (nSPS) is 12.0. The van der Waals surface area contributed by atoms with Crippen molar-refractivity contribution in [3.8, 4) is 11.8 Å². The first-order valence-corrected chi connectivity index (χ1v) is 6.97. The summed E-state index contributed by atoms with van der Waals surface area (Å²) in [6.07, 6.45) is 0. The van der Waals surface area contributed by atoms with E-state index in [1.165, 1.54) is 21.0 Å². The van der Waals surface area contributed by atoms with Gasteiger partial charge in [-0.15, -0.1) is 0 Å². The van der Waals surface area contributed by atoms with Crippen LogP contribution in [0.2, 0.25) is 0 Å². The van der Waals surface area contributed by atoms with Gasteiger partial charge in [0.1, 0.15) is 5.75 Å². The maximum Gasteiger partial charge on any atom is 0.197 e. The number of sulfone groups is 1. The first-order valence-electron chi connectivity index (χ1n) is 5.48. The quantitative estimate of drug-likeness (QED) is 0.843. The van der Waals surface area contributed by atoms with Crippen molar-refractivity contribution >= 4 is 9.84 Å². The molecule has 0 spiro atoms. The molecule has 1 aromatic carbocycles. The third-order valence-electron chi connectivity index (χ3n) is 2.92. The Morgan fingerprint density at radius 1 is 1.22 bits per heavy atom. The minimum atomic E-state index is -3.68. The number of benzene rings is 1. The number of methoxy groups -OCH3 is 1. The van der Waals surface area contributed by atoms with Gasteiger partial charge in [0.15, 0.2) is 14.6 Å². The Bertz CT molecular complexity index is 610. The van der Waals surface area contributed by atoms with Gasteiger partial charge in [-0.2, -0.15) is 5.26 Å². The number of hydrogen-bond acceptors (Lipinski definition) is 4. The zero-order chi connectivity index (χ0) is 14.1. The van der Waals surface area contributed by atoms with Gasteiger partial charge in [-0.3, -0.25) is 0 Å². The van der Waals surface area contributed by atoms with E-state index in [2.05, 4.69) is 0 Å². The van der Waals surface area contributed by atoms with Gasteiger partial charge < -0.3 is 4.74 Å². The lowest BCUT2D eigenvalue weighted by Gasteiger charge is -2.19. The van der Waals surface area contributed by atoms with Crippen LogP contribution in [0, 0.1) is 25.2 Å². The van der Waals surface area contributed by atoms with Gasteiger partial charge in [-0.05, 0) is 51.0 Å². The van der Waals surface area contributed by atoms with E-state index in [4.69, 9.17) is 10.00 Å². The highest BCUT2D eigenvalue weighted by atomic mass is 32.2. The molecule has 0 heterocycles. The van der Waals surface area contributed by atoms with Crippen molar-refractivity contribution in [2.75, 3.05) is 7.11 Å². The standard InChI is InChI=1S/C13H17NO3S/c1-9-7-12(10(2)6-11(9)17-5)18(15,16)13(3,4)8-14/h6-7H,1-5H3. The fourth-order valence-electron chi connectivity index (χ4n) is 1.61. The number of nitriles is 1. The number of nitrogens with zero attached hydrogens (tertiary/aromatic N) is 1. The van der Waals surface area contributed by atoms with Crippen LogP contribution in [0.3, 0.4) is 0 Å². The second kappa shape index (κ2) is 4.62. The summed E-state index contributed by atoms with van der Waals surface area (Å²) in [6.45, 7) is 6.28. The van der Waals surface area contributed by atoms with Crippen molar-refractivity contribution < 1.29 is 13.2 Å². The SMILES string of the molecule is COc1cc(C)c(S(=O)(=O)C(C)(C)C#N)cc1C. The number of ether oxygens (including phenoxy) is 1. The average molecular weight is 267 g/mol. The zero-order valence-electron chi connectivity index (χ0n) is 11.2. The predicted octanol–water partition coefficient (Wildman–Crippen LogP) is 2.39. The van der Waals surface area contributed by atoms with E-state index in [0.717, 1.165) is 5.56 Å². The van der Waals surface area contributed by atoms with Crippen LogP contribution in [0.5, 0.6) is 5.75 Å². The highest BCUT2D eigenvalue weighted by Crippen LogP contribution is 2.31. The maximum atomic E-state index is 12.4. The molecule has 1 rings (SSSR count). The Balaban J connectivity index is 3.55. The van der Waals surface area contributed by atoms with Gasteiger partial charge in [0.2, 0.25) is 0 Å². The largest absolute Gasteiger partial charge is 0.496 e. The lowest BCUT2D eigenvalue weighted by atomic mass is 10.1. The van der Waals surface area contributed by atoms with Crippen LogP contribution in [0.4, 0.5) is 0 Å². The van der Waals surface area contributed by atoms with Crippen LogP contribution in [0.15, 0.2) is 17.0 Å². The summed E-state index contributed by atoms with van der Waals surface area (Å²) in [7, 11) is -2.15. The Morgan fingerprint density at radius 2 is 1.78 bits per heavy atom. The molecule has 0 bridgehead atoms. The van der Waals surface area contributed by atoms with Crippen LogP contribution < -0.4 is 4.74 Å². The molecule has 0 atom stereocenters. The predicted molar refractivity (Wildman–Crippen MR) is 69.3 cm³/mol. The Hall–Kier alpha value is -1.54. The Morgan fingerprint density at radius 3 is 2.22 bits per heavy atom. The highest BCUT2D eigenvalue weighted by Gasteiger charge is 2.37. The van der Waals surface area contributed by atoms with Crippen molar-refractivity contribution in [3.63, 3.8) is 0 Å². The van der Waals surface area contributed by atoms with Gasteiger partial charge in [-0.1, -0.05) is 0 Å². The summed E-state index contributed by atoms with van der Waals surface area (Å²) in [5, 5.41) is 9.00. The second-order valence-corrected chi connectivity index (χ2v) is 7.18. The van der Waals surface area contributed by atoms with Crippen LogP contribution >= 0.6 is 0 Å². The Kier molecular flexibility index (Phi) is 3.72. The minimum absolute atomic E-state index is 0.187. The summed E-state index contributed by atoms with van der Waals surface area (Å²) in [5.41, 5.74) is 1.32. The molecular formula is C13H17NO3S. The van der Waals surface area contributed by atoms with E-state index < -0.39 is 14.6 Å². The van der Waals surface area contributed by atoms with Crippen LogP contribution in [-0.2, 0) is 9.84 Å². The second-order valence-electron chi connectivity index (χ2n) is 4.71. The molecule has 98 valence electrons. The third kappa shape index (κ3) is 2.21. The monoisotopic (exact) mass is 267 g/mol. The first kappa shape index (κ1) is 14.5. The van der Waals surface area contributed by atoms with Gasteiger partial charge in [0, 0.05) is 0 Å². The summed E-state index contributed by atoms with van der Waals surface area (Å²) in [4.78, 5) is 0.187. The van der Waals surface area contributed by atoms with E-state index >= 15 is 0 Å². The van der Waals surface area contributed by atoms with Gasteiger partial charge >= 0.3 is 0 Å². The van der Waals surface area contributed by atoms with Crippen molar-refractivity contribution in [1.82, 2.24) is 0 Å². The van der Waals surface area contributed by atoms with Gasteiger partial charge in [0.05, 0.1) is 18.1 Å². The fraction of sp³-hybridized carbons (Fsp3) is 0.462. The minimum Gasteiger partial charge on any atom is -0.496 e. The van der Waals surface area contributed by atoms with E-state index in [0.29, 0.717) is 11.3 Å². The lowest BCUT2D eigenvalue weighted by Crippen LogP contribution is -2.30. The smallest absolute Gasteiger partial charge is 0.197 e. The van der Waals surface area contributed by atoms with Crippen molar-refractivity contribution in [3.05, 3.63) is 23.3 Å². The molecule has 1 aromatic rings. The molecule has 0 fully saturated rings. The highest BCUT2D eigenvalue weighted by molar-refractivity contribution is 7.93. The molecule has 0 aliphatic rings. The zero-order valence-corrected chi connectivity index (χ0v) is 12.1. The molecule has 0 aliphatic heterocycles. The topological polar surface area (TPSA) is 67.2 Å². The van der Waals surface area contributed by atoms with Crippen molar-refractivity contribution in [1.29, 1.82) is 5.26 Å². The molecular weight excluding hydrogens is 250 g/mol.